The van der Waals surface area contributed by atoms with Gasteiger partial charge in [0.25, 0.3) is 0 Å². The van der Waals surface area contributed by atoms with Gasteiger partial charge in [0.15, 0.2) is 0 Å². The van der Waals surface area contributed by atoms with Crippen molar-refractivity contribution < 1.29 is 14.3 Å². The fourth-order valence-corrected chi connectivity index (χ4v) is 3.64. The molecule has 0 radical (unpaired) electrons. The van der Waals surface area contributed by atoms with Crippen molar-refractivity contribution in [3.05, 3.63) is 29.8 Å². The van der Waals surface area contributed by atoms with Crippen LogP contribution < -0.4 is 10.1 Å². The third-order valence-electron chi connectivity index (χ3n) is 4.95. The lowest BCUT2D eigenvalue weighted by molar-refractivity contribution is -0.142. The number of ether oxygens (including phenoxy) is 2. The summed E-state index contributed by atoms with van der Waals surface area (Å²) in [6.45, 7) is 9.93. The summed E-state index contributed by atoms with van der Waals surface area (Å²) in [5.74, 6) is 0.964. The van der Waals surface area contributed by atoms with Crippen LogP contribution in [-0.2, 0) is 9.53 Å². The molecular weight excluding hydrogens is 318 g/mol. The highest BCUT2D eigenvalue weighted by atomic mass is 16.5. The molecule has 2 saturated heterocycles. The molecule has 25 heavy (non-hydrogen) atoms. The highest BCUT2D eigenvalue weighted by Crippen LogP contribution is 2.33. The van der Waals surface area contributed by atoms with E-state index >= 15 is 0 Å². The molecule has 2 heterocycles. The molecule has 0 aromatic heterocycles. The van der Waals surface area contributed by atoms with Gasteiger partial charge in [0.2, 0.25) is 5.91 Å². The summed E-state index contributed by atoms with van der Waals surface area (Å²) in [6, 6.07) is 7.93. The van der Waals surface area contributed by atoms with Crippen LogP contribution in [0.15, 0.2) is 24.3 Å². The molecule has 0 bridgehead atoms. The second-order valence-corrected chi connectivity index (χ2v) is 6.60. The SMILES string of the molecule is CCOc1ccccc1C(C(=O)N1CCOCC1)N1CCNCC1C. The Labute approximate surface area is 150 Å². The van der Waals surface area contributed by atoms with Crippen molar-refractivity contribution in [3.8, 4) is 5.75 Å². The maximum Gasteiger partial charge on any atom is 0.244 e. The van der Waals surface area contributed by atoms with Crippen molar-refractivity contribution in [2.24, 2.45) is 0 Å². The second-order valence-electron chi connectivity index (χ2n) is 6.60. The van der Waals surface area contributed by atoms with Gasteiger partial charge in [-0.1, -0.05) is 18.2 Å². The van der Waals surface area contributed by atoms with Crippen LogP contribution in [0.5, 0.6) is 5.75 Å². The number of nitrogens with zero attached hydrogens (tertiary/aromatic N) is 2. The summed E-state index contributed by atoms with van der Waals surface area (Å²) in [6.07, 6.45) is 0. The van der Waals surface area contributed by atoms with Gasteiger partial charge in [0.05, 0.1) is 19.8 Å². The highest BCUT2D eigenvalue weighted by Gasteiger charge is 2.37. The number of carbonyl (C=O) groups excluding carboxylic acids is 1. The van der Waals surface area contributed by atoms with Gasteiger partial charge in [0, 0.05) is 44.3 Å². The largest absolute Gasteiger partial charge is 0.494 e. The number of nitrogens with one attached hydrogen (secondary N) is 1. The molecule has 0 saturated carbocycles. The van der Waals surface area contributed by atoms with Gasteiger partial charge in [-0.25, -0.2) is 0 Å². The van der Waals surface area contributed by atoms with Crippen molar-refractivity contribution in [1.29, 1.82) is 0 Å². The van der Waals surface area contributed by atoms with Crippen molar-refractivity contribution in [2.45, 2.75) is 25.9 Å². The Morgan fingerprint density at radius 2 is 2.08 bits per heavy atom. The summed E-state index contributed by atoms with van der Waals surface area (Å²) in [7, 11) is 0. The smallest absolute Gasteiger partial charge is 0.244 e. The van der Waals surface area contributed by atoms with Crippen LogP contribution in [0, 0.1) is 0 Å². The van der Waals surface area contributed by atoms with E-state index in [0.29, 0.717) is 39.0 Å². The Hall–Kier alpha value is -1.63. The van der Waals surface area contributed by atoms with E-state index in [1.54, 1.807) is 0 Å². The fourth-order valence-electron chi connectivity index (χ4n) is 3.64. The molecule has 6 nitrogen and oxygen atoms in total. The topological polar surface area (TPSA) is 54.0 Å². The van der Waals surface area contributed by atoms with Crippen molar-refractivity contribution in [3.63, 3.8) is 0 Å². The molecule has 1 N–H and O–H groups in total. The molecule has 1 amide bonds. The van der Waals surface area contributed by atoms with Gasteiger partial charge in [0.1, 0.15) is 11.8 Å². The summed E-state index contributed by atoms with van der Waals surface area (Å²) in [5.41, 5.74) is 0.967. The number of morpholine rings is 1. The Morgan fingerprint density at radius 1 is 1.32 bits per heavy atom. The van der Waals surface area contributed by atoms with E-state index in [1.165, 1.54) is 0 Å². The first kappa shape index (κ1) is 18.2. The van der Waals surface area contributed by atoms with Crippen LogP contribution in [0.25, 0.3) is 0 Å². The van der Waals surface area contributed by atoms with E-state index in [4.69, 9.17) is 9.47 Å². The molecule has 0 aliphatic carbocycles. The Morgan fingerprint density at radius 3 is 2.80 bits per heavy atom. The van der Waals surface area contributed by atoms with Gasteiger partial charge in [-0.3, -0.25) is 9.69 Å². The lowest BCUT2D eigenvalue weighted by atomic mass is 9.99. The highest BCUT2D eigenvalue weighted by molar-refractivity contribution is 5.84. The molecule has 6 heteroatoms. The summed E-state index contributed by atoms with van der Waals surface area (Å²) >= 11 is 0. The first-order valence-electron chi connectivity index (χ1n) is 9.27. The minimum atomic E-state index is -0.307. The van der Waals surface area contributed by atoms with Gasteiger partial charge < -0.3 is 19.7 Å². The molecule has 2 aliphatic heterocycles. The van der Waals surface area contributed by atoms with E-state index in [2.05, 4.69) is 17.1 Å². The van der Waals surface area contributed by atoms with Gasteiger partial charge >= 0.3 is 0 Å². The number of carbonyl (C=O) groups is 1. The first-order valence-corrected chi connectivity index (χ1v) is 9.27. The van der Waals surface area contributed by atoms with E-state index in [0.717, 1.165) is 30.9 Å². The normalized spacial score (nSPS) is 23.3. The van der Waals surface area contributed by atoms with E-state index < -0.39 is 0 Å². The summed E-state index contributed by atoms with van der Waals surface area (Å²) in [5, 5.41) is 3.41. The van der Waals surface area contributed by atoms with Crippen molar-refractivity contribution in [2.75, 3.05) is 52.5 Å². The predicted octanol–water partition coefficient (Wildman–Crippen LogP) is 1.28. The number of para-hydroxylation sites is 1. The van der Waals surface area contributed by atoms with E-state index in [-0.39, 0.29) is 11.9 Å². The molecule has 3 rings (SSSR count). The van der Waals surface area contributed by atoms with Gasteiger partial charge in [-0.15, -0.1) is 0 Å². The average molecular weight is 347 g/mol. The summed E-state index contributed by atoms with van der Waals surface area (Å²) in [4.78, 5) is 17.7. The Bertz CT molecular complexity index is 575. The van der Waals surface area contributed by atoms with E-state index in [1.807, 2.05) is 36.1 Å². The molecule has 2 atom stereocenters. The molecule has 138 valence electrons. The monoisotopic (exact) mass is 347 g/mol. The van der Waals surface area contributed by atoms with Crippen LogP contribution in [0.3, 0.4) is 0 Å². The number of hydrogen-bond donors (Lipinski definition) is 1. The quantitative estimate of drug-likeness (QED) is 0.870. The maximum atomic E-state index is 13.5. The van der Waals surface area contributed by atoms with Gasteiger partial charge in [-0.2, -0.15) is 0 Å². The lowest BCUT2D eigenvalue weighted by Crippen LogP contribution is -2.55. The second kappa shape index (κ2) is 8.65. The van der Waals surface area contributed by atoms with Crippen LogP contribution in [-0.4, -0.2) is 74.3 Å². The number of rotatable bonds is 5. The number of amides is 1. The summed E-state index contributed by atoms with van der Waals surface area (Å²) < 4.78 is 11.3. The van der Waals surface area contributed by atoms with Gasteiger partial charge in [-0.05, 0) is 19.9 Å². The van der Waals surface area contributed by atoms with Crippen LogP contribution in [0.1, 0.15) is 25.5 Å². The third-order valence-corrected chi connectivity index (χ3v) is 4.95. The van der Waals surface area contributed by atoms with E-state index in [9.17, 15) is 4.79 Å². The number of hydrogen-bond acceptors (Lipinski definition) is 5. The minimum Gasteiger partial charge on any atom is -0.494 e. The molecule has 1 aromatic rings. The van der Waals surface area contributed by atoms with Crippen molar-refractivity contribution in [1.82, 2.24) is 15.1 Å². The predicted molar refractivity (Wildman–Crippen MR) is 96.8 cm³/mol. The number of piperazine rings is 1. The fraction of sp³-hybridized carbons (Fsp3) is 0.632. The molecule has 2 fully saturated rings. The Kier molecular flexibility index (Phi) is 6.29. The minimum absolute atomic E-state index is 0.157. The van der Waals surface area contributed by atoms with Crippen molar-refractivity contribution >= 4 is 5.91 Å². The average Bonchev–Trinajstić information content (AvgIpc) is 2.65. The van der Waals surface area contributed by atoms with Crippen LogP contribution in [0.2, 0.25) is 0 Å². The number of benzene rings is 1. The third kappa shape index (κ3) is 4.14. The first-order chi connectivity index (χ1) is 12.2. The zero-order valence-corrected chi connectivity index (χ0v) is 15.2. The lowest BCUT2D eigenvalue weighted by Gasteiger charge is -2.42. The molecule has 2 unspecified atom stereocenters. The molecular formula is C19H29N3O3. The van der Waals surface area contributed by atoms with Crippen LogP contribution >= 0.6 is 0 Å². The zero-order valence-electron chi connectivity index (χ0n) is 15.2. The zero-order chi connectivity index (χ0) is 17.6. The Balaban J connectivity index is 1.95. The molecule has 0 spiro atoms. The van der Waals surface area contributed by atoms with Crippen LogP contribution in [0.4, 0.5) is 0 Å². The standard InChI is InChI=1S/C19H29N3O3/c1-3-25-17-7-5-4-6-16(17)18(22-9-8-20-14-15(22)2)19(23)21-10-12-24-13-11-21/h4-7,15,18,20H,3,8-14H2,1-2H3. The molecule has 2 aliphatic rings. The maximum absolute atomic E-state index is 13.5. The molecule has 1 aromatic carbocycles.